The van der Waals surface area contributed by atoms with Crippen molar-refractivity contribution >= 4 is 34.1 Å². The first-order valence-corrected chi connectivity index (χ1v) is 4.76. The predicted molar refractivity (Wildman–Crippen MR) is 59.7 cm³/mol. The fraction of sp³-hybridized carbons (Fsp3) is 0.250. The summed E-state index contributed by atoms with van der Waals surface area (Å²) in [6.45, 7) is 0. The Morgan fingerprint density at radius 3 is 2.88 bits per heavy atom. The molecule has 0 aliphatic heterocycles. The van der Waals surface area contributed by atoms with Crippen LogP contribution in [-0.4, -0.2) is 26.5 Å². The average Bonchev–Trinajstić information content (AvgIpc) is 2.59. The highest BCUT2D eigenvalue weighted by Crippen LogP contribution is 2.34. The zero-order chi connectivity index (χ0) is 11.9. The first-order chi connectivity index (χ1) is 7.56. The van der Waals surface area contributed by atoms with Crippen molar-refractivity contribution in [2.45, 2.75) is 0 Å². The van der Waals surface area contributed by atoms with Crippen LogP contribution < -0.4 is 5.32 Å². The number of anilines is 1. The summed E-state index contributed by atoms with van der Waals surface area (Å²) in [6.07, 6.45) is 1.48. The third-order valence-corrected chi connectivity index (χ3v) is 2.47. The van der Waals surface area contributed by atoms with E-state index in [2.05, 4.69) is 15.3 Å². The van der Waals surface area contributed by atoms with Crippen molar-refractivity contribution in [3.05, 3.63) is 21.6 Å². The second kappa shape index (κ2) is 3.60. The van der Waals surface area contributed by atoms with Crippen molar-refractivity contribution in [1.82, 2.24) is 14.5 Å². The van der Waals surface area contributed by atoms with Gasteiger partial charge in [0.1, 0.15) is 5.52 Å². The number of aryl methyl sites for hydroxylation is 1. The molecular formula is C8H8ClN5O2. The van der Waals surface area contributed by atoms with Gasteiger partial charge < -0.3 is 9.88 Å². The number of nitrogens with zero attached hydrogens (tertiary/aromatic N) is 4. The number of hydrogen-bond donors (Lipinski definition) is 1. The molecule has 7 nitrogen and oxygen atoms in total. The van der Waals surface area contributed by atoms with E-state index in [0.717, 1.165) is 0 Å². The number of fused-ring (bicyclic) bond motifs is 1. The predicted octanol–water partition coefficient (Wildman–Crippen LogP) is 1.57. The Morgan fingerprint density at radius 1 is 1.62 bits per heavy atom. The third-order valence-electron chi connectivity index (χ3n) is 2.21. The molecule has 0 spiro atoms. The summed E-state index contributed by atoms with van der Waals surface area (Å²) in [7, 11) is 3.32. The molecule has 0 fully saturated rings. The SMILES string of the molecule is CNc1nc(Cl)c([N+](=O)[O-])c2c1ncn2C. The molecule has 0 bridgehead atoms. The van der Waals surface area contributed by atoms with E-state index in [4.69, 9.17) is 11.6 Å². The smallest absolute Gasteiger partial charge is 0.332 e. The van der Waals surface area contributed by atoms with E-state index in [0.29, 0.717) is 16.9 Å². The molecule has 1 N–H and O–H groups in total. The molecule has 84 valence electrons. The Kier molecular flexibility index (Phi) is 2.39. The number of nitro groups is 1. The summed E-state index contributed by atoms with van der Waals surface area (Å²) in [5.41, 5.74) is 0.561. The first kappa shape index (κ1) is 10.6. The molecule has 0 radical (unpaired) electrons. The van der Waals surface area contributed by atoms with Crippen molar-refractivity contribution in [2.75, 3.05) is 12.4 Å². The number of rotatable bonds is 2. The molecule has 0 amide bonds. The fourth-order valence-corrected chi connectivity index (χ4v) is 1.76. The lowest BCUT2D eigenvalue weighted by Crippen LogP contribution is -2.00. The molecule has 0 aliphatic carbocycles. The zero-order valence-corrected chi connectivity index (χ0v) is 9.32. The topological polar surface area (TPSA) is 85.9 Å². The van der Waals surface area contributed by atoms with Gasteiger partial charge in [-0.05, 0) is 0 Å². The summed E-state index contributed by atoms with van der Waals surface area (Å²) in [5, 5.41) is 13.6. The lowest BCUT2D eigenvalue weighted by molar-refractivity contribution is -0.383. The average molecular weight is 242 g/mol. The number of imidazole rings is 1. The van der Waals surface area contributed by atoms with Crippen LogP contribution in [0.5, 0.6) is 0 Å². The third kappa shape index (κ3) is 1.36. The zero-order valence-electron chi connectivity index (χ0n) is 8.56. The van der Waals surface area contributed by atoms with Crippen LogP contribution in [0.2, 0.25) is 5.15 Å². The minimum absolute atomic E-state index is 0.148. The normalized spacial score (nSPS) is 10.7. The maximum Gasteiger partial charge on any atom is 0.332 e. The molecule has 2 rings (SSSR count). The van der Waals surface area contributed by atoms with Crippen LogP contribution in [0.15, 0.2) is 6.33 Å². The van der Waals surface area contributed by atoms with Crippen LogP contribution in [0.4, 0.5) is 11.5 Å². The number of hydrogen-bond acceptors (Lipinski definition) is 5. The van der Waals surface area contributed by atoms with Crippen LogP contribution in [0.3, 0.4) is 0 Å². The maximum atomic E-state index is 10.9. The molecule has 0 saturated carbocycles. The Bertz CT molecular complexity index is 579. The molecule has 16 heavy (non-hydrogen) atoms. The summed E-state index contributed by atoms with van der Waals surface area (Å²) < 4.78 is 1.54. The van der Waals surface area contributed by atoms with Crippen molar-refractivity contribution in [1.29, 1.82) is 0 Å². The monoisotopic (exact) mass is 241 g/mol. The van der Waals surface area contributed by atoms with Gasteiger partial charge in [-0.15, -0.1) is 0 Å². The lowest BCUT2D eigenvalue weighted by atomic mass is 10.3. The van der Waals surface area contributed by atoms with Gasteiger partial charge in [0, 0.05) is 14.1 Å². The molecule has 0 saturated heterocycles. The quantitative estimate of drug-likeness (QED) is 0.490. The highest BCUT2D eigenvalue weighted by Gasteiger charge is 2.24. The molecule has 2 heterocycles. The van der Waals surface area contributed by atoms with Crippen LogP contribution in [0.1, 0.15) is 0 Å². The van der Waals surface area contributed by atoms with Gasteiger partial charge in [-0.25, -0.2) is 9.97 Å². The Morgan fingerprint density at radius 2 is 2.31 bits per heavy atom. The minimum atomic E-state index is -0.557. The molecule has 0 atom stereocenters. The largest absolute Gasteiger partial charge is 0.371 e. The van der Waals surface area contributed by atoms with Gasteiger partial charge in [-0.1, -0.05) is 11.6 Å². The molecule has 0 aliphatic rings. The molecule has 2 aromatic rings. The Balaban J connectivity index is 2.95. The summed E-state index contributed by atoms with van der Waals surface area (Å²) in [4.78, 5) is 18.3. The summed E-state index contributed by atoms with van der Waals surface area (Å²) in [6, 6.07) is 0. The Hall–Kier alpha value is -1.89. The van der Waals surface area contributed by atoms with E-state index in [-0.39, 0.29) is 10.8 Å². The fourth-order valence-electron chi connectivity index (χ4n) is 1.52. The van der Waals surface area contributed by atoms with Crippen LogP contribution >= 0.6 is 11.6 Å². The molecule has 0 aromatic carbocycles. The standard InChI is InChI=1S/C8H8ClN5O2/c1-10-8-4-5(13(2)3-11-4)6(14(15)16)7(9)12-8/h3H,1-2H3,(H,10,12). The molecule has 2 aromatic heterocycles. The van der Waals surface area contributed by atoms with Crippen molar-refractivity contribution < 1.29 is 4.92 Å². The van der Waals surface area contributed by atoms with Crippen molar-refractivity contribution in [2.24, 2.45) is 7.05 Å². The van der Waals surface area contributed by atoms with Gasteiger partial charge in [0.25, 0.3) is 0 Å². The highest BCUT2D eigenvalue weighted by atomic mass is 35.5. The van der Waals surface area contributed by atoms with Crippen molar-refractivity contribution in [3.63, 3.8) is 0 Å². The van der Waals surface area contributed by atoms with E-state index in [1.807, 2.05) is 0 Å². The Labute approximate surface area is 95.2 Å². The van der Waals surface area contributed by atoms with Gasteiger partial charge in [0.05, 0.1) is 11.3 Å². The minimum Gasteiger partial charge on any atom is -0.371 e. The van der Waals surface area contributed by atoms with E-state index < -0.39 is 4.92 Å². The van der Waals surface area contributed by atoms with Crippen molar-refractivity contribution in [3.8, 4) is 0 Å². The van der Waals surface area contributed by atoms with E-state index in [9.17, 15) is 10.1 Å². The number of nitrogens with one attached hydrogen (secondary N) is 1. The van der Waals surface area contributed by atoms with Crippen LogP contribution in [-0.2, 0) is 7.05 Å². The second-order valence-corrected chi connectivity index (χ2v) is 3.52. The molecular weight excluding hydrogens is 234 g/mol. The molecule has 0 unspecified atom stereocenters. The van der Waals surface area contributed by atoms with Gasteiger partial charge in [0.2, 0.25) is 5.15 Å². The maximum absolute atomic E-state index is 10.9. The van der Waals surface area contributed by atoms with Gasteiger partial charge >= 0.3 is 5.69 Å². The van der Waals surface area contributed by atoms with E-state index in [1.165, 1.54) is 6.33 Å². The van der Waals surface area contributed by atoms with E-state index >= 15 is 0 Å². The highest BCUT2D eigenvalue weighted by molar-refractivity contribution is 6.33. The summed E-state index contributed by atoms with van der Waals surface area (Å²) >= 11 is 5.78. The number of halogens is 1. The number of pyridine rings is 1. The number of aromatic nitrogens is 3. The van der Waals surface area contributed by atoms with E-state index in [1.54, 1.807) is 18.7 Å². The second-order valence-electron chi connectivity index (χ2n) is 3.16. The van der Waals surface area contributed by atoms with Gasteiger partial charge in [-0.3, -0.25) is 10.1 Å². The lowest BCUT2D eigenvalue weighted by Gasteiger charge is -2.03. The molecule has 8 heteroatoms. The van der Waals surface area contributed by atoms with Gasteiger partial charge in [-0.2, -0.15) is 0 Å². The summed E-state index contributed by atoms with van der Waals surface area (Å²) in [5.74, 6) is 0.422. The van der Waals surface area contributed by atoms with Crippen LogP contribution in [0, 0.1) is 10.1 Å². The van der Waals surface area contributed by atoms with Gasteiger partial charge in [0.15, 0.2) is 11.3 Å². The first-order valence-electron chi connectivity index (χ1n) is 4.39. The van der Waals surface area contributed by atoms with Crippen LogP contribution in [0.25, 0.3) is 11.0 Å².